The quantitative estimate of drug-likeness (QED) is 0.306. The van der Waals surface area contributed by atoms with Gasteiger partial charge in [0.25, 0.3) is 0 Å². The number of nitriles is 2. The maximum absolute atomic E-state index is 10.5. The Bertz CT molecular complexity index is 1930. The Morgan fingerprint density at radius 1 is 1.15 bits per heavy atom. The molecule has 2 aliphatic heterocycles. The Hall–Kier alpha value is -4.04. The average Bonchev–Trinajstić information content (AvgIpc) is 3.89. The zero-order chi connectivity index (χ0) is 32.4. The molecule has 0 amide bonds. The summed E-state index contributed by atoms with van der Waals surface area (Å²) in [5, 5.41) is 45.2. The number of aliphatic hydroxyl groups is 1. The number of thiophene rings is 1. The first-order valence-electron chi connectivity index (χ1n) is 16.9. The Balaban J connectivity index is 1.29. The molecule has 4 aromatic heterocycles. The van der Waals surface area contributed by atoms with E-state index in [2.05, 4.69) is 41.2 Å². The van der Waals surface area contributed by atoms with Gasteiger partial charge in [0, 0.05) is 36.6 Å². The van der Waals surface area contributed by atoms with Crippen molar-refractivity contribution in [2.75, 3.05) is 43.9 Å². The minimum Gasteiger partial charge on any atom is -0.392 e. The fraction of sp³-hybridized carbons (Fsp3) is 0.588. The van der Waals surface area contributed by atoms with Crippen LogP contribution in [0.2, 0.25) is 0 Å². The van der Waals surface area contributed by atoms with E-state index in [0.717, 1.165) is 96.4 Å². The number of nitrogens with one attached hydrogen (secondary N) is 1. The van der Waals surface area contributed by atoms with Crippen LogP contribution in [-0.4, -0.2) is 80.8 Å². The summed E-state index contributed by atoms with van der Waals surface area (Å²) in [7, 11) is 4.05. The second kappa shape index (κ2) is 11.6. The molecule has 0 aromatic carbocycles. The Kier molecular flexibility index (Phi) is 7.47. The summed E-state index contributed by atoms with van der Waals surface area (Å²) in [5.41, 5.74) is 3.85. The summed E-state index contributed by atoms with van der Waals surface area (Å²) in [6.45, 7) is 4.22. The summed E-state index contributed by atoms with van der Waals surface area (Å²) in [5.74, 6) is 1.53. The third-order valence-electron chi connectivity index (χ3n) is 11.3. The molecule has 2 fully saturated rings. The maximum atomic E-state index is 10.5. The SMILES string of the molecule is CNc1sc2c(c1C#N)[C@@]1(CCC2)CCCc2c(-c3nc(N4CC[C@@H](O)[C@@H](C#N)C4)c4cnn([C@@H](C)[C@@H]5CCCN5C)c4n3)noc21. The van der Waals surface area contributed by atoms with Gasteiger partial charge in [0.05, 0.1) is 46.7 Å². The summed E-state index contributed by atoms with van der Waals surface area (Å²) < 4.78 is 8.39. The molecule has 4 aliphatic rings. The molecule has 4 aromatic rings. The molecule has 1 spiro atoms. The van der Waals surface area contributed by atoms with Gasteiger partial charge in [0.1, 0.15) is 16.9 Å². The highest BCUT2D eigenvalue weighted by Crippen LogP contribution is 2.55. The summed E-state index contributed by atoms with van der Waals surface area (Å²) in [6.07, 6.45) is 9.47. The average molecular weight is 653 g/mol. The van der Waals surface area contributed by atoms with Gasteiger partial charge in [-0.3, -0.25) is 0 Å². The molecule has 8 rings (SSSR count). The molecule has 5 atom stereocenters. The van der Waals surface area contributed by atoms with Crippen LogP contribution in [-0.2, 0) is 18.3 Å². The van der Waals surface area contributed by atoms with Crippen LogP contribution in [0.25, 0.3) is 22.6 Å². The van der Waals surface area contributed by atoms with Crippen molar-refractivity contribution >= 4 is 33.2 Å². The van der Waals surface area contributed by atoms with E-state index < -0.39 is 17.4 Å². The number of fused-ring (bicyclic) bond motifs is 5. The van der Waals surface area contributed by atoms with Crippen LogP contribution in [0, 0.1) is 28.6 Å². The smallest absolute Gasteiger partial charge is 0.186 e. The topological polar surface area (TPSA) is 156 Å². The van der Waals surface area contributed by atoms with Crippen molar-refractivity contribution < 1.29 is 9.63 Å². The minimum absolute atomic E-state index is 0.0881. The number of hydrogen-bond donors (Lipinski definition) is 2. The van der Waals surface area contributed by atoms with E-state index in [1.54, 1.807) is 11.3 Å². The van der Waals surface area contributed by atoms with Gasteiger partial charge in [0.15, 0.2) is 22.9 Å². The van der Waals surface area contributed by atoms with Crippen LogP contribution in [0.5, 0.6) is 0 Å². The lowest BCUT2D eigenvalue weighted by molar-refractivity contribution is 0.113. The summed E-state index contributed by atoms with van der Waals surface area (Å²) in [6, 6.07) is 5.23. The van der Waals surface area contributed by atoms with Gasteiger partial charge in [0.2, 0.25) is 0 Å². The second-order valence-corrected chi connectivity index (χ2v) is 14.9. The van der Waals surface area contributed by atoms with E-state index in [1.807, 2.05) is 17.9 Å². The Morgan fingerprint density at radius 2 is 1.98 bits per heavy atom. The van der Waals surface area contributed by atoms with Gasteiger partial charge in [-0.2, -0.15) is 15.6 Å². The first kappa shape index (κ1) is 30.3. The number of nitrogens with zero attached hydrogens (tertiary/aromatic N) is 9. The highest BCUT2D eigenvalue weighted by molar-refractivity contribution is 7.16. The largest absolute Gasteiger partial charge is 0.392 e. The van der Waals surface area contributed by atoms with Gasteiger partial charge in [-0.05, 0) is 83.9 Å². The maximum Gasteiger partial charge on any atom is 0.186 e. The molecule has 47 heavy (non-hydrogen) atoms. The van der Waals surface area contributed by atoms with Crippen LogP contribution in [0.1, 0.15) is 85.2 Å². The monoisotopic (exact) mass is 652 g/mol. The van der Waals surface area contributed by atoms with E-state index in [0.29, 0.717) is 42.9 Å². The van der Waals surface area contributed by atoms with Crippen molar-refractivity contribution in [3.63, 3.8) is 0 Å². The van der Waals surface area contributed by atoms with Crippen LogP contribution in [0.4, 0.5) is 10.8 Å². The van der Waals surface area contributed by atoms with Crippen molar-refractivity contribution in [1.82, 2.24) is 29.8 Å². The lowest BCUT2D eigenvalue weighted by atomic mass is 9.63. The number of aromatic nitrogens is 5. The predicted molar refractivity (Wildman–Crippen MR) is 178 cm³/mol. The van der Waals surface area contributed by atoms with Crippen LogP contribution < -0.4 is 10.2 Å². The number of piperidine rings is 1. The number of likely N-dealkylation sites (tertiary alicyclic amines) is 1. The zero-order valence-corrected chi connectivity index (χ0v) is 28.0. The van der Waals surface area contributed by atoms with Crippen molar-refractivity contribution in [1.29, 1.82) is 10.5 Å². The van der Waals surface area contributed by atoms with Crippen molar-refractivity contribution in [2.24, 2.45) is 5.92 Å². The van der Waals surface area contributed by atoms with E-state index >= 15 is 0 Å². The molecule has 0 unspecified atom stereocenters. The lowest BCUT2D eigenvalue weighted by Gasteiger charge is -2.39. The normalized spacial score (nSPS) is 26.6. The van der Waals surface area contributed by atoms with Crippen LogP contribution in [0.15, 0.2) is 10.7 Å². The molecule has 6 heterocycles. The third kappa shape index (κ3) is 4.58. The van der Waals surface area contributed by atoms with Crippen LogP contribution in [0.3, 0.4) is 0 Å². The lowest BCUT2D eigenvalue weighted by Crippen LogP contribution is -2.43. The summed E-state index contributed by atoms with van der Waals surface area (Å²) >= 11 is 1.69. The molecule has 0 saturated carbocycles. The molecule has 0 radical (unpaired) electrons. The Labute approximate surface area is 278 Å². The number of aryl methyl sites for hydroxylation is 1. The van der Waals surface area contributed by atoms with Gasteiger partial charge < -0.3 is 24.7 Å². The molecule has 244 valence electrons. The van der Waals surface area contributed by atoms with Crippen molar-refractivity contribution in [2.45, 2.75) is 88.3 Å². The first-order chi connectivity index (χ1) is 22.9. The number of aliphatic hydroxyl groups excluding tert-OH is 1. The number of hydrogen-bond acceptors (Lipinski definition) is 12. The van der Waals surface area contributed by atoms with Crippen molar-refractivity contribution in [3.05, 3.63) is 33.5 Å². The second-order valence-electron chi connectivity index (χ2n) is 13.8. The standard InChI is InChI=1S/C34H40N10O2S/c1-19(24-8-6-13-42(24)3)44-32-23(17-38-44)31(43-14-10-25(45)20(15-35)18-43)39-30(40-32)28-21-7-4-11-34(29(21)46-41-28)12-5-9-26-27(34)22(16-36)33(37-2)47-26/h17,19-20,24-25,37,45H,4-14,18H2,1-3H3/t19-,20-,24-,25+,34-/m0/s1. The molecule has 2 aliphatic carbocycles. The van der Waals surface area contributed by atoms with E-state index in [9.17, 15) is 15.6 Å². The van der Waals surface area contributed by atoms with Crippen LogP contribution >= 0.6 is 11.3 Å². The number of rotatable bonds is 5. The molecular formula is C34H40N10O2S. The van der Waals surface area contributed by atoms with Gasteiger partial charge in [-0.25, -0.2) is 14.6 Å². The van der Waals surface area contributed by atoms with Gasteiger partial charge in [-0.1, -0.05) is 5.16 Å². The molecule has 2 N–H and O–H groups in total. The highest BCUT2D eigenvalue weighted by Gasteiger charge is 2.49. The van der Waals surface area contributed by atoms with Gasteiger partial charge >= 0.3 is 0 Å². The highest BCUT2D eigenvalue weighted by atomic mass is 32.1. The fourth-order valence-electron chi connectivity index (χ4n) is 8.89. The van der Waals surface area contributed by atoms with E-state index in [4.69, 9.17) is 24.7 Å². The predicted octanol–water partition coefficient (Wildman–Crippen LogP) is 4.78. The Morgan fingerprint density at radius 3 is 2.72 bits per heavy atom. The minimum atomic E-state index is -0.660. The first-order valence-corrected chi connectivity index (χ1v) is 17.7. The molecule has 12 nitrogen and oxygen atoms in total. The molecule has 13 heteroatoms. The molecule has 2 saturated heterocycles. The fourth-order valence-corrected chi connectivity index (χ4v) is 10.1. The van der Waals surface area contributed by atoms with Crippen molar-refractivity contribution in [3.8, 4) is 23.7 Å². The molecular weight excluding hydrogens is 613 g/mol. The zero-order valence-electron chi connectivity index (χ0n) is 27.2. The van der Waals surface area contributed by atoms with E-state index in [-0.39, 0.29) is 6.04 Å². The summed E-state index contributed by atoms with van der Waals surface area (Å²) in [4.78, 5) is 16.1. The van der Waals surface area contributed by atoms with E-state index in [1.165, 1.54) is 4.88 Å². The van der Waals surface area contributed by atoms with Gasteiger partial charge in [-0.15, -0.1) is 11.3 Å². The third-order valence-corrected chi connectivity index (χ3v) is 12.5. The number of anilines is 2. The molecule has 0 bridgehead atoms. The number of likely N-dealkylation sites (N-methyl/N-ethyl adjacent to an activating group) is 1.